The number of piperidine rings is 2. The Morgan fingerprint density at radius 1 is 1.16 bits per heavy atom. The summed E-state index contributed by atoms with van der Waals surface area (Å²) in [7, 11) is 0. The highest BCUT2D eigenvalue weighted by molar-refractivity contribution is 5.80. The van der Waals surface area contributed by atoms with Crippen molar-refractivity contribution in [3.8, 4) is 0 Å². The molecule has 6 heteroatoms. The fourth-order valence-corrected chi connectivity index (χ4v) is 4.06. The van der Waals surface area contributed by atoms with E-state index in [9.17, 15) is 4.79 Å². The molecule has 1 atom stereocenters. The molecule has 2 heterocycles. The summed E-state index contributed by atoms with van der Waals surface area (Å²) < 4.78 is 0. The van der Waals surface area contributed by atoms with Gasteiger partial charge >= 0.3 is 0 Å². The topological polar surface area (TPSA) is 74.0 Å². The number of aliphatic imine (C=N–C) groups is 1. The Labute approximate surface area is 153 Å². The number of carbonyl (C=O) groups excluding carboxylic acids is 1. The Balaban J connectivity index is 1.86. The van der Waals surface area contributed by atoms with Crippen molar-refractivity contribution in [1.82, 2.24) is 15.1 Å². The van der Waals surface area contributed by atoms with Crippen molar-refractivity contribution in [2.75, 3.05) is 45.8 Å². The molecule has 0 radical (unpaired) electrons. The maximum Gasteiger partial charge on any atom is 0.217 e. The number of likely N-dealkylation sites (tertiary alicyclic amines) is 2. The molecule has 0 aromatic rings. The smallest absolute Gasteiger partial charge is 0.217 e. The molecule has 1 amide bonds. The molecule has 0 aromatic heterocycles. The highest BCUT2D eigenvalue weighted by Crippen LogP contribution is 2.21. The number of hydrogen-bond acceptors (Lipinski definition) is 3. The van der Waals surface area contributed by atoms with Crippen molar-refractivity contribution in [3.05, 3.63) is 0 Å². The number of rotatable bonds is 7. The number of amides is 1. The van der Waals surface area contributed by atoms with E-state index in [0.717, 1.165) is 45.0 Å². The van der Waals surface area contributed by atoms with E-state index in [0.29, 0.717) is 18.3 Å². The Morgan fingerprint density at radius 3 is 2.56 bits per heavy atom. The Morgan fingerprint density at radius 2 is 1.92 bits per heavy atom. The molecule has 0 bridgehead atoms. The van der Waals surface area contributed by atoms with Crippen LogP contribution < -0.4 is 11.1 Å². The number of hydrogen-bond donors (Lipinski definition) is 2. The lowest BCUT2D eigenvalue weighted by molar-refractivity contribution is -0.119. The van der Waals surface area contributed by atoms with Gasteiger partial charge in [0.05, 0.1) is 0 Å². The molecule has 0 saturated carbocycles. The molecule has 144 valence electrons. The van der Waals surface area contributed by atoms with E-state index < -0.39 is 0 Å². The molecular formula is C19H37N5O. The van der Waals surface area contributed by atoms with E-state index in [-0.39, 0.29) is 5.91 Å². The SMILES string of the molecule is CCCN1CCC(CN=C(NCC)N2CCCC(CC(N)=O)C2)CC1. The second kappa shape index (κ2) is 10.6. The van der Waals surface area contributed by atoms with E-state index in [1.54, 1.807) is 0 Å². The third-order valence-corrected chi connectivity index (χ3v) is 5.39. The van der Waals surface area contributed by atoms with Gasteiger partial charge in [-0.15, -0.1) is 0 Å². The van der Waals surface area contributed by atoms with Gasteiger partial charge in [0.1, 0.15) is 0 Å². The summed E-state index contributed by atoms with van der Waals surface area (Å²) in [5.41, 5.74) is 5.39. The van der Waals surface area contributed by atoms with E-state index in [4.69, 9.17) is 10.7 Å². The molecule has 0 spiro atoms. The first-order valence-corrected chi connectivity index (χ1v) is 10.2. The second-order valence-electron chi connectivity index (χ2n) is 7.60. The van der Waals surface area contributed by atoms with Gasteiger partial charge in [0.15, 0.2) is 5.96 Å². The minimum atomic E-state index is -0.187. The van der Waals surface area contributed by atoms with Crippen LogP contribution in [0.15, 0.2) is 4.99 Å². The van der Waals surface area contributed by atoms with Gasteiger partial charge in [0.25, 0.3) is 0 Å². The van der Waals surface area contributed by atoms with Crippen LogP contribution in [-0.4, -0.2) is 67.5 Å². The summed E-state index contributed by atoms with van der Waals surface area (Å²) in [5.74, 6) is 1.90. The predicted molar refractivity (Wildman–Crippen MR) is 104 cm³/mol. The zero-order valence-corrected chi connectivity index (χ0v) is 16.2. The van der Waals surface area contributed by atoms with Gasteiger partial charge in [-0.05, 0) is 70.5 Å². The minimum absolute atomic E-state index is 0.187. The molecule has 0 aromatic carbocycles. The van der Waals surface area contributed by atoms with Gasteiger partial charge in [-0.3, -0.25) is 9.79 Å². The third-order valence-electron chi connectivity index (χ3n) is 5.39. The van der Waals surface area contributed by atoms with Crippen LogP contribution in [0.5, 0.6) is 0 Å². The normalized spacial score (nSPS) is 23.7. The molecule has 6 nitrogen and oxygen atoms in total. The fraction of sp³-hybridized carbons (Fsp3) is 0.895. The summed E-state index contributed by atoms with van der Waals surface area (Å²) >= 11 is 0. The van der Waals surface area contributed by atoms with Crippen LogP contribution in [0.2, 0.25) is 0 Å². The molecule has 2 rings (SSSR count). The van der Waals surface area contributed by atoms with Crippen molar-refractivity contribution in [1.29, 1.82) is 0 Å². The first-order chi connectivity index (χ1) is 12.1. The third kappa shape index (κ3) is 6.84. The molecule has 2 fully saturated rings. The lowest BCUT2D eigenvalue weighted by Gasteiger charge is -2.35. The van der Waals surface area contributed by atoms with Crippen molar-refractivity contribution in [3.63, 3.8) is 0 Å². The summed E-state index contributed by atoms with van der Waals surface area (Å²) in [4.78, 5) is 21.1. The van der Waals surface area contributed by atoms with Crippen molar-refractivity contribution >= 4 is 11.9 Å². The minimum Gasteiger partial charge on any atom is -0.370 e. The molecular weight excluding hydrogens is 314 g/mol. The van der Waals surface area contributed by atoms with E-state index in [1.807, 2.05) is 0 Å². The molecule has 2 aliphatic heterocycles. The fourth-order valence-electron chi connectivity index (χ4n) is 4.06. The Kier molecular flexibility index (Phi) is 8.52. The van der Waals surface area contributed by atoms with Crippen LogP contribution in [0.3, 0.4) is 0 Å². The predicted octanol–water partition coefficient (Wildman–Crippen LogP) is 1.66. The zero-order valence-electron chi connectivity index (χ0n) is 16.2. The van der Waals surface area contributed by atoms with Gasteiger partial charge in [-0.1, -0.05) is 6.92 Å². The second-order valence-corrected chi connectivity index (χ2v) is 7.60. The lowest BCUT2D eigenvalue weighted by Crippen LogP contribution is -2.47. The van der Waals surface area contributed by atoms with Crippen LogP contribution in [0.4, 0.5) is 0 Å². The average Bonchev–Trinajstić information content (AvgIpc) is 2.60. The van der Waals surface area contributed by atoms with Crippen LogP contribution in [-0.2, 0) is 4.79 Å². The molecule has 1 unspecified atom stereocenters. The monoisotopic (exact) mass is 351 g/mol. The first-order valence-electron chi connectivity index (χ1n) is 10.2. The van der Waals surface area contributed by atoms with Crippen LogP contribution in [0.25, 0.3) is 0 Å². The van der Waals surface area contributed by atoms with Crippen molar-refractivity contribution < 1.29 is 4.79 Å². The number of nitrogens with one attached hydrogen (secondary N) is 1. The highest BCUT2D eigenvalue weighted by Gasteiger charge is 2.24. The van der Waals surface area contributed by atoms with E-state index in [1.165, 1.54) is 38.9 Å². The summed E-state index contributed by atoms with van der Waals surface area (Å²) in [5, 5.41) is 3.44. The highest BCUT2D eigenvalue weighted by atomic mass is 16.1. The van der Waals surface area contributed by atoms with Crippen molar-refractivity contribution in [2.45, 2.75) is 52.4 Å². The van der Waals surface area contributed by atoms with Gasteiger partial charge in [0.2, 0.25) is 5.91 Å². The van der Waals surface area contributed by atoms with Crippen LogP contribution in [0, 0.1) is 11.8 Å². The van der Waals surface area contributed by atoms with Crippen molar-refractivity contribution in [2.24, 2.45) is 22.6 Å². The quantitative estimate of drug-likeness (QED) is 0.540. The zero-order chi connectivity index (χ0) is 18.1. The molecule has 25 heavy (non-hydrogen) atoms. The number of nitrogens with two attached hydrogens (primary N) is 1. The summed E-state index contributed by atoms with van der Waals surface area (Å²) in [6, 6.07) is 0. The average molecular weight is 352 g/mol. The van der Waals surface area contributed by atoms with E-state index in [2.05, 4.69) is 29.0 Å². The molecule has 0 aliphatic carbocycles. The maximum absolute atomic E-state index is 11.2. The summed E-state index contributed by atoms with van der Waals surface area (Å²) in [6.07, 6.45) is 6.45. The number of carbonyl (C=O) groups is 1. The number of guanidine groups is 1. The first kappa shape index (κ1) is 20.0. The van der Waals surface area contributed by atoms with Crippen LogP contribution >= 0.6 is 0 Å². The standard InChI is InChI=1S/C19H37N5O/c1-3-9-23-11-7-16(8-12-23)14-22-19(21-4-2)24-10-5-6-17(15-24)13-18(20)25/h16-17H,3-15H2,1-2H3,(H2,20,25)(H,21,22). The molecule has 2 saturated heterocycles. The van der Waals surface area contributed by atoms with Gasteiger partial charge in [-0.2, -0.15) is 0 Å². The Bertz CT molecular complexity index is 432. The van der Waals surface area contributed by atoms with Gasteiger partial charge in [-0.25, -0.2) is 0 Å². The van der Waals surface area contributed by atoms with Crippen LogP contribution in [0.1, 0.15) is 52.4 Å². The summed E-state index contributed by atoms with van der Waals surface area (Å²) in [6.45, 7) is 11.7. The lowest BCUT2D eigenvalue weighted by atomic mass is 9.94. The van der Waals surface area contributed by atoms with Gasteiger partial charge in [0, 0.05) is 32.6 Å². The number of nitrogens with zero attached hydrogens (tertiary/aromatic N) is 3. The van der Waals surface area contributed by atoms with Gasteiger partial charge < -0.3 is 20.9 Å². The largest absolute Gasteiger partial charge is 0.370 e. The number of primary amides is 1. The maximum atomic E-state index is 11.2. The van der Waals surface area contributed by atoms with E-state index >= 15 is 0 Å². The Hall–Kier alpha value is -1.30. The molecule has 3 N–H and O–H groups in total. The molecule has 2 aliphatic rings.